The highest BCUT2D eigenvalue weighted by Gasteiger charge is 2.08. The van der Waals surface area contributed by atoms with Crippen molar-refractivity contribution in [2.24, 2.45) is 5.14 Å². The van der Waals surface area contributed by atoms with E-state index in [4.69, 9.17) is 5.14 Å². The Labute approximate surface area is 69.7 Å². The fourth-order valence-electron chi connectivity index (χ4n) is 1.03. The van der Waals surface area contributed by atoms with Gasteiger partial charge in [-0.1, -0.05) is 17.7 Å². The van der Waals surface area contributed by atoms with Gasteiger partial charge in [0.25, 0.3) is 0 Å². The maximum atomic E-state index is 10.9. The van der Waals surface area contributed by atoms with Crippen molar-refractivity contribution in [2.45, 2.75) is 18.7 Å². The van der Waals surface area contributed by atoms with E-state index >= 15 is 0 Å². The molecule has 0 fully saturated rings. The second kappa shape index (κ2) is 3.26. The lowest BCUT2D eigenvalue weighted by molar-refractivity contribution is 0.596. The summed E-state index contributed by atoms with van der Waals surface area (Å²) in [5.74, 6) is 0. The fourth-order valence-corrected chi connectivity index (χ4v) is 1.60. The van der Waals surface area contributed by atoms with Crippen LogP contribution >= 0.6 is 0 Å². The summed E-state index contributed by atoms with van der Waals surface area (Å²) >= 11 is -1.35. The number of nitrogens with two attached hydrogens (primary N) is 1. The zero-order valence-corrected chi connectivity index (χ0v) is 7.44. The van der Waals surface area contributed by atoms with E-state index in [1.165, 1.54) is 0 Å². The van der Waals surface area contributed by atoms with Gasteiger partial charge in [-0.25, -0.2) is 0 Å². The summed E-state index contributed by atoms with van der Waals surface area (Å²) in [6, 6.07) is 5.69. The van der Waals surface area contributed by atoms with Gasteiger partial charge in [0.15, 0.2) is 4.90 Å². The molecule has 0 heterocycles. The van der Waals surface area contributed by atoms with Crippen molar-refractivity contribution < 1.29 is 4.55 Å². The van der Waals surface area contributed by atoms with Crippen LogP contribution in [-0.4, -0.2) is 4.55 Å². The molecule has 0 saturated heterocycles. The Hall–Kier alpha value is -0.510. The van der Waals surface area contributed by atoms with Gasteiger partial charge in [-0.3, -0.25) is 0 Å². The van der Waals surface area contributed by atoms with Crippen molar-refractivity contribution in [1.29, 1.82) is 0 Å². The van der Waals surface area contributed by atoms with Crippen molar-refractivity contribution in [3.63, 3.8) is 0 Å². The standard InChI is InChI=1S/C8H11NOS/c1-6-3-4-8(11(9)10)7(2)5-6/h3-5H,9H2,1-2H3. The van der Waals surface area contributed by atoms with E-state index in [9.17, 15) is 4.55 Å². The minimum absolute atomic E-state index is 0.718. The van der Waals surface area contributed by atoms with Gasteiger partial charge in [0.1, 0.15) is 0 Å². The molecule has 2 nitrogen and oxygen atoms in total. The normalized spacial score (nSPS) is 13.1. The smallest absolute Gasteiger partial charge is 0.176 e. The number of aryl methyl sites for hydroxylation is 2. The van der Waals surface area contributed by atoms with Crippen LogP contribution in [0.25, 0.3) is 0 Å². The molecule has 0 aliphatic rings. The molecule has 60 valence electrons. The van der Waals surface area contributed by atoms with Crippen LogP contribution < -0.4 is 5.14 Å². The predicted octanol–water partition coefficient (Wildman–Crippen LogP) is 1.28. The minimum Gasteiger partial charge on any atom is -0.593 e. The van der Waals surface area contributed by atoms with Gasteiger partial charge in [0.05, 0.1) is 11.4 Å². The van der Waals surface area contributed by atoms with Crippen LogP contribution in [0, 0.1) is 13.8 Å². The van der Waals surface area contributed by atoms with Gasteiger partial charge in [0.2, 0.25) is 0 Å². The van der Waals surface area contributed by atoms with E-state index in [2.05, 4.69) is 0 Å². The highest BCUT2D eigenvalue weighted by Crippen LogP contribution is 2.14. The first-order valence-corrected chi connectivity index (χ1v) is 4.56. The molecule has 1 aromatic carbocycles. The maximum absolute atomic E-state index is 10.9. The number of benzene rings is 1. The van der Waals surface area contributed by atoms with Gasteiger partial charge in [-0.2, -0.15) is 0 Å². The molecule has 11 heavy (non-hydrogen) atoms. The third-order valence-corrected chi connectivity index (χ3v) is 2.44. The second-order valence-corrected chi connectivity index (χ2v) is 3.60. The fraction of sp³-hybridized carbons (Fsp3) is 0.250. The Morgan fingerprint density at radius 3 is 2.45 bits per heavy atom. The number of hydrogen-bond acceptors (Lipinski definition) is 2. The van der Waals surface area contributed by atoms with Crippen LogP contribution in [-0.2, 0) is 11.4 Å². The molecule has 0 aromatic heterocycles. The average molecular weight is 169 g/mol. The summed E-state index contributed by atoms with van der Waals surface area (Å²) in [5, 5.41) is 5.24. The Bertz CT molecular complexity index is 260. The van der Waals surface area contributed by atoms with Gasteiger partial charge in [-0.05, 0) is 19.9 Å². The van der Waals surface area contributed by atoms with E-state index < -0.39 is 11.4 Å². The molecule has 1 aromatic rings. The monoisotopic (exact) mass is 169 g/mol. The summed E-state index contributed by atoms with van der Waals surface area (Å²) in [5.41, 5.74) is 2.16. The highest BCUT2D eigenvalue weighted by molar-refractivity contribution is 7.89. The molecule has 1 rings (SSSR count). The summed E-state index contributed by atoms with van der Waals surface area (Å²) < 4.78 is 10.9. The molecular formula is C8H11NOS. The van der Waals surface area contributed by atoms with Crippen LogP contribution in [0.5, 0.6) is 0 Å². The van der Waals surface area contributed by atoms with Crippen molar-refractivity contribution in [3.8, 4) is 0 Å². The van der Waals surface area contributed by atoms with Crippen molar-refractivity contribution in [1.82, 2.24) is 0 Å². The van der Waals surface area contributed by atoms with Gasteiger partial charge >= 0.3 is 0 Å². The first kappa shape index (κ1) is 8.59. The molecule has 0 radical (unpaired) electrons. The largest absolute Gasteiger partial charge is 0.593 e. The molecule has 0 amide bonds. The Morgan fingerprint density at radius 2 is 2.00 bits per heavy atom. The minimum atomic E-state index is -1.35. The summed E-state index contributed by atoms with van der Waals surface area (Å²) in [7, 11) is 0. The average Bonchev–Trinajstić information content (AvgIpc) is 1.85. The molecule has 0 saturated carbocycles. The molecule has 2 N–H and O–H groups in total. The molecule has 0 aliphatic carbocycles. The van der Waals surface area contributed by atoms with E-state index in [1.807, 2.05) is 26.0 Å². The third-order valence-electron chi connectivity index (χ3n) is 1.55. The lowest BCUT2D eigenvalue weighted by Crippen LogP contribution is -2.13. The molecule has 0 bridgehead atoms. The Balaban J connectivity index is 3.09. The zero-order chi connectivity index (χ0) is 8.43. The van der Waals surface area contributed by atoms with E-state index in [0.717, 1.165) is 16.0 Å². The van der Waals surface area contributed by atoms with Crippen LogP contribution in [0.15, 0.2) is 23.1 Å². The van der Waals surface area contributed by atoms with E-state index in [1.54, 1.807) is 6.07 Å². The molecule has 0 spiro atoms. The van der Waals surface area contributed by atoms with Gasteiger partial charge in [-0.15, -0.1) is 5.14 Å². The van der Waals surface area contributed by atoms with Crippen LogP contribution in [0.1, 0.15) is 11.1 Å². The van der Waals surface area contributed by atoms with Crippen LogP contribution in [0.3, 0.4) is 0 Å². The lowest BCUT2D eigenvalue weighted by Gasteiger charge is -2.05. The van der Waals surface area contributed by atoms with E-state index in [0.29, 0.717) is 0 Å². The quantitative estimate of drug-likeness (QED) is 0.644. The first-order chi connectivity index (χ1) is 5.11. The van der Waals surface area contributed by atoms with Crippen molar-refractivity contribution in [3.05, 3.63) is 29.3 Å². The van der Waals surface area contributed by atoms with E-state index in [-0.39, 0.29) is 0 Å². The Morgan fingerprint density at radius 1 is 1.36 bits per heavy atom. The first-order valence-electron chi connectivity index (χ1n) is 3.34. The predicted molar refractivity (Wildman–Crippen MR) is 46.5 cm³/mol. The summed E-state index contributed by atoms with van der Waals surface area (Å²) in [4.78, 5) is 0.718. The lowest BCUT2D eigenvalue weighted by atomic mass is 10.2. The maximum Gasteiger partial charge on any atom is 0.176 e. The van der Waals surface area contributed by atoms with Gasteiger partial charge in [0, 0.05) is 5.56 Å². The zero-order valence-electron chi connectivity index (χ0n) is 6.63. The number of rotatable bonds is 1. The summed E-state index contributed by atoms with van der Waals surface area (Å²) in [6.45, 7) is 3.91. The topological polar surface area (TPSA) is 49.1 Å². The molecule has 1 unspecified atom stereocenters. The molecule has 1 atom stereocenters. The Kier molecular flexibility index (Phi) is 2.54. The number of hydrogen-bond donors (Lipinski definition) is 1. The third kappa shape index (κ3) is 1.96. The van der Waals surface area contributed by atoms with Crippen molar-refractivity contribution >= 4 is 11.4 Å². The summed E-state index contributed by atoms with van der Waals surface area (Å²) in [6.07, 6.45) is 0. The van der Waals surface area contributed by atoms with Crippen LogP contribution in [0.2, 0.25) is 0 Å². The van der Waals surface area contributed by atoms with Crippen LogP contribution in [0.4, 0.5) is 0 Å². The van der Waals surface area contributed by atoms with Crippen molar-refractivity contribution in [2.75, 3.05) is 0 Å². The SMILES string of the molecule is Cc1ccc([S+](N)[O-])c(C)c1. The molecule has 0 aliphatic heterocycles. The molecular weight excluding hydrogens is 158 g/mol. The second-order valence-electron chi connectivity index (χ2n) is 2.57. The highest BCUT2D eigenvalue weighted by atomic mass is 32.2. The van der Waals surface area contributed by atoms with Gasteiger partial charge < -0.3 is 4.55 Å². The molecule has 3 heteroatoms.